The van der Waals surface area contributed by atoms with Crippen molar-refractivity contribution in [1.82, 2.24) is 4.98 Å². The fourth-order valence-electron chi connectivity index (χ4n) is 1.67. The van der Waals surface area contributed by atoms with E-state index >= 15 is 0 Å². The summed E-state index contributed by atoms with van der Waals surface area (Å²) in [6.45, 7) is 2.05. The van der Waals surface area contributed by atoms with Crippen LogP contribution in [0.1, 0.15) is 27.6 Å². The van der Waals surface area contributed by atoms with Crippen LogP contribution < -0.4 is 4.74 Å². The predicted octanol–water partition coefficient (Wildman–Crippen LogP) is 2.84. The summed E-state index contributed by atoms with van der Waals surface area (Å²) < 4.78 is 15.0. The van der Waals surface area contributed by atoms with Crippen molar-refractivity contribution in [2.24, 2.45) is 0 Å². The van der Waals surface area contributed by atoms with Gasteiger partial charge in [-0.25, -0.2) is 14.6 Å². The summed E-state index contributed by atoms with van der Waals surface area (Å²) in [6.07, 6.45) is 1.39. The molecule has 0 aliphatic heterocycles. The molecule has 2 aromatic rings. The lowest BCUT2D eigenvalue weighted by Gasteiger charge is -2.06. The van der Waals surface area contributed by atoms with Gasteiger partial charge in [-0.05, 0) is 37.3 Å². The molecule has 0 saturated heterocycles. The third-order valence-electron chi connectivity index (χ3n) is 2.75. The molecule has 6 nitrogen and oxygen atoms in total. The van der Waals surface area contributed by atoms with Gasteiger partial charge in [0.25, 0.3) is 0 Å². The first-order chi connectivity index (χ1) is 10.6. The normalized spacial score (nSPS) is 9.91. The van der Waals surface area contributed by atoms with E-state index in [2.05, 4.69) is 9.72 Å². The molecule has 0 saturated carbocycles. The van der Waals surface area contributed by atoms with Crippen LogP contribution in [0, 0.1) is 0 Å². The molecule has 114 valence electrons. The third-order valence-corrected chi connectivity index (χ3v) is 2.75. The number of carbonyl (C=O) groups is 2. The number of nitrogens with zero attached hydrogens (tertiary/aromatic N) is 1. The molecule has 0 unspecified atom stereocenters. The van der Waals surface area contributed by atoms with Gasteiger partial charge in [0, 0.05) is 12.3 Å². The standard InChI is InChI=1S/C16H15NO5/c1-3-21-16(19)12-6-9-14(17-10-12)22-13-7-4-11(5-8-13)15(18)20-2/h4-10H,3H2,1-2H3. The summed E-state index contributed by atoms with van der Waals surface area (Å²) >= 11 is 0. The Hall–Kier alpha value is -2.89. The molecular formula is C16H15NO5. The molecule has 0 aliphatic rings. The second-order valence-electron chi connectivity index (χ2n) is 4.22. The summed E-state index contributed by atoms with van der Waals surface area (Å²) in [7, 11) is 1.32. The Bertz CT molecular complexity index is 649. The van der Waals surface area contributed by atoms with E-state index < -0.39 is 11.9 Å². The molecule has 0 fully saturated rings. The number of ether oxygens (including phenoxy) is 3. The zero-order valence-electron chi connectivity index (χ0n) is 12.2. The van der Waals surface area contributed by atoms with Crippen molar-refractivity contribution in [2.75, 3.05) is 13.7 Å². The molecule has 0 radical (unpaired) electrons. The van der Waals surface area contributed by atoms with Crippen LogP contribution in [-0.2, 0) is 9.47 Å². The molecule has 0 N–H and O–H groups in total. The summed E-state index contributed by atoms with van der Waals surface area (Å²) in [4.78, 5) is 26.9. The van der Waals surface area contributed by atoms with Crippen LogP contribution in [0.15, 0.2) is 42.6 Å². The minimum Gasteiger partial charge on any atom is -0.465 e. The molecule has 1 heterocycles. The van der Waals surface area contributed by atoms with Crippen molar-refractivity contribution in [3.05, 3.63) is 53.7 Å². The second-order valence-corrected chi connectivity index (χ2v) is 4.22. The molecule has 1 aromatic heterocycles. The summed E-state index contributed by atoms with van der Waals surface area (Å²) in [5.74, 6) is 0.00958. The van der Waals surface area contributed by atoms with Crippen molar-refractivity contribution in [1.29, 1.82) is 0 Å². The number of carbonyl (C=O) groups excluding carboxylic acids is 2. The van der Waals surface area contributed by atoms with Gasteiger partial charge in [-0.2, -0.15) is 0 Å². The Labute approximate surface area is 127 Å². The number of rotatable bonds is 5. The van der Waals surface area contributed by atoms with Gasteiger partial charge < -0.3 is 14.2 Å². The maximum atomic E-state index is 11.5. The summed E-state index contributed by atoms with van der Waals surface area (Å²) in [6, 6.07) is 9.59. The fraction of sp³-hybridized carbons (Fsp3) is 0.188. The monoisotopic (exact) mass is 301 g/mol. The summed E-state index contributed by atoms with van der Waals surface area (Å²) in [5.41, 5.74) is 0.788. The quantitative estimate of drug-likeness (QED) is 0.790. The van der Waals surface area contributed by atoms with E-state index in [1.165, 1.54) is 13.3 Å². The van der Waals surface area contributed by atoms with Crippen molar-refractivity contribution in [3.8, 4) is 11.6 Å². The smallest absolute Gasteiger partial charge is 0.339 e. The Morgan fingerprint density at radius 1 is 1.00 bits per heavy atom. The predicted molar refractivity (Wildman–Crippen MR) is 78.0 cm³/mol. The lowest BCUT2D eigenvalue weighted by atomic mass is 10.2. The first-order valence-electron chi connectivity index (χ1n) is 6.63. The molecule has 6 heteroatoms. The van der Waals surface area contributed by atoms with Gasteiger partial charge in [-0.3, -0.25) is 0 Å². The number of hydrogen-bond donors (Lipinski definition) is 0. The van der Waals surface area contributed by atoms with Gasteiger partial charge in [-0.15, -0.1) is 0 Å². The lowest BCUT2D eigenvalue weighted by Crippen LogP contribution is -2.05. The van der Waals surface area contributed by atoms with Crippen LogP contribution in [0.5, 0.6) is 11.6 Å². The molecule has 2 rings (SSSR count). The molecule has 0 spiro atoms. The van der Waals surface area contributed by atoms with Crippen LogP contribution in [0.3, 0.4) is 0 Å². The fourth-order valence-corrected chi connectivity index (χ4v) is 1.67. The third kappa shape index (κ3) is 3.82. The van der Waals surface area contributed by atoms with Gasteiger partial charge >= 0.3 is 11.9 Å². The molecule has 0 atom stereocenters. The maximum absolute atomic E-state index is 11.5. The van der Waals surface area contributed by atoms with Crippen LogP contribution in [0.25, 0.3) is 0 Å². The topological polar surface area (TPSA) is 74.7 Å². The average Bonchev–Trinajstić information content (AvgIpc) is 2.55. The molecule has 0 bridgehead atoms. The van der Waals surface area contributed by atoms with E-state index in [-0.39, 0.29) is 0 Å². The van der Waals surface area contributed by atoms with E-state index in [0.717, 1.165) is 0 Å². The van der Waals surface area contributed by atoms with E-state index in [0.29, 0.717) is 29.4 Å². The Balaban J connectivity index is 2.04. The molecular weight excluding hydrogens is 286 g/mol. The largest absolute Gasteiger partial charge is 0.465 e. The van der Waals surface area contributed by atoms with Gasteiger partial charge in [0.1, 0.15) is 5.75 Å². The number of hydrogen-bond acceptors (Lipinski definition) is 6. The number of benzene rings is 1. The van der Waals surface area contributed by atoms with Crippen LogP contribution in [0.4, 0.5) is 0 Å². The number of methoxy groups -OCH3 is 1. The van der Waals surface area contributed by atoms with Gasteiger partial charge in [-0.1, -0.05) is 0 Å². The second kappa shape index (κ2) is 7.21. The number of aromatic nitrogens is 1. The van der Waals surface area contributed by atoms with Crippen molar-refractivity contribution >= 4 is 11.9 Å². The molecule has 0 aliphatic carbocycles. The summed E-state index contributed by atoms with van der Waals surface area (Å²) in [5, 5.41) is 0. The van der Waals surface area contributed by atoms with Crippen molar-refractivity contribution in [3.63, 3.8) is 0 Å². The van der Waals surface area contributed by atoms with Gasteiger partial charge in [0.15, 0.2) is 0 Å². The van der Waals surface area contributed by atoms with Crippen LogP contribution >= 0.6 is 0 Å². The highest BCUT2D eigenvalue weighted by Crippen LogP contribution is 2.20. The van der Waals surface area contributed by atoms with E-state index in [4.69, 9.17) is 9.47 Å². The zero-order chi connectivity index (χ0) is 15.9. The molecule has 0 amide bonds. The molecule has 22 heavy (non-hydrogen) atoms. The Morgan fingerprint density at radius 2 is 1.68 bits per heavy atom. The van der Waals surface area contributed by atoms with Crippen LogP contribution in [0.2, 0.25) is 0 Å². The maximum Gasteiger partial charge on any atom is 0.339 e. The highest BCUT2D eigenvalue weighted by Gasteiger charge is 2.08. The van der Waals surface area contributed by atoms with E-state index in [1.54, 1.807) is 43.3 Å². The van der Waals surface area contributed by atoms with Gasteiger partial charge in [0.05, 0.1) is 24.8 Å². The Morgan fingerprint density at radius 3 is 2.23 bits per heavy atom. The first-order valence-corrected chi connectivity index (χ1v) is 6.63. The van der Waals surface area contributed by atoms with E-state index in [1.807, 2.05) is 0 Å². The molecule has 1 aromatic carbocycles. The van der Waals surface area contributed by atoms with Crippen molar-refractivity contribution < 1.29 is 23.8 Å². The highest BCUT2D eigenvalue weighted by atomic mass is 16.5. The lowest BCUT2D eigenvalue weighted by molar-refractivity contribution is 0.0524. The van der Waals surface area contributed by atoms with Gasteiger partial charge in [0.2, 0.25) is 5.88 Å². The minimum absolute atomic E-state index is 0.309. The van der Waals surface area contributed by atoms with Crippen molar-refractivity contribution in [2.45, 2.75) is 6.92 Å². The number of esters is 2. The van der Waals surface area contributed by atoms with Crippen LogP contribution in [-0.4, -0.2) is 30.6 Å². The SMILES string of the molecule is CCOC(=O)c1ccc(Oc2ccc(C(=O)OC)cc2)nc1. The average molecular weight is 301 g/mol. The number of pyridine rings is 1. The Kier molecular flexibility index (Phi) is 5.08. The minimum atomic E-state index is -0.427. The first kappa shape index (κ1) is 15.5. The van der Waals surface area contributed by atoms with E-state index in [9.17, 15) is 9.59 Å². The zero-order valence-corrected chi connectivity index (χ0v) is 12.2. The highest BCUT2D eigenvalue weighted by molar-refractivity contribution is 5.89.